The van der Waals surface area contributed by atoms with Crippen LogP contribution in [0.3, 0.4) is 0 Å². The molecule has 1 aliphatic carbocycles. The fourth-order valence-corrected chi connectivity index (χ4v) is 3.63. The molecule has 0 radical (unpaired) electrons. The van der Waals surface area contributed by atoms with Crippen LogP contribution in [-0.2, 0) is 11.2 Å². The summed E-state index contributed by atoms with van der Waals surface area (Å²) in [5.74, 6) is -0.0371. The van der Waals surface area contributed by atoms with Crippen LogP contribution in [0.5, 0.6) is 0 Å². The van der Waals surface area contributed by atoms with Crippen LogP contribution in [0.25, 0.3) is 0 Å². The SMILES string of the molecule is CC1CCCC(O)(CN2C(=O)Cc3ccccc3C2=O)C1. The van der Waals surface area contributed by atoms with Gasteiger partial charge >= 0.3 is 0 Å². The molecule has 1 aliphatic heterocycles. The first-order valence-corrected chi connectivity index (χ1v) is 7.63. The molecule has 4 nitrogen and oxygen atoms in total. The number of carbonyl (C=O) groups excluding carboxylic acids is 2. The molecule has 1 aromatic carbocycles. The minimum atomic E-state index is -0.921. The molecule has 0 spiro atoms. The van der Waals surface area contributed by atoms with E-state index < -0.39 is 5.60 Å². The van der Waals surface area contributed by atoms with E-state index in [1.165, 1.54) is 4.90 Å². The van der Waals surface area contributed by atoms with Crippen molar-refractivity contribution in [3.05, 3.63) is 35.4 Å². The summed E-state index contributed by atoms with van der Waals surface area (Å²) in [4.78, 5) is 26.0. The van der Waals surface area contributed by atoms with E-state index in [9.17, 15) is 14.7 Å². The quantitative estimate of drug-likeness (QED) is 0.848. The highest BCUT2D eigenvalue weighted by atomic mass is 16.3. The number of benzene rings is 1. The Kier molecular flexibility index (Phi) is 3.57. The lowest BCUT2D eigenvalue weighted by Gasteiger charge is -2.39. The van der Waals surface area contributed by atoms with E-state index in [2.05, 4.69) is 6.92 Å². The van der Waals surface area contributed by atoms with Crippen LogP contribution in [0.2, 0.25) is 0 Å². The number of fused-ring (bicyclic) bond motifs is 1. The van der Waals surface area contributed by atoms with E-state index in [4.69, 9.17) is 0 Å². The van der Waals surface area contributed by atoms with Crippen LogP contribution in [-0.4, -0.2) is 34.0 Å². The fraction of sp³-hybridized carbons (Fsp3) is 0.529. The van der Waals surface area contributed by atoms with E-state index in [0.29, 0.717) is 24.3 Å². The Morgan fingerprint density at radius 2 is 2.10 bits per heavy atom. The van der Waals surface area contributed by atoms with Gasteiger partial charge in [0.25, 0.3) is 5.91 Å². The monoisotopic (exact) mass is 287 g/mol. The summed E-state index contributed by atoms with van der Waals surface area (Å²) in [5, 5.41) is 10.7. The Hall–Kier alpha value is -1.68. The molecule has 0 aromatic heterocycles. The lowest BCUT2D eigenvalue weighted by Crippen LogP contribution is -2.52. The first-order chi connectivity index (χ1) is 9.98. The van der Waals surface area contributed by atoms with Gasteiger partial charge in [-0.1, -0.05) is 38.0 Å². The molecule has 21 heavy (non-hydrogen) atoms. The molecule has 2 aliphatic rings. The van der Waals surface area contributed by atoms with Crippen LogP contribution in [0, 0.1) is 5.92 Å². The lowest BCUT2D eigenvalue weighted by atomic mass is 9.78. The number of amides is 2. The van der Waals surface area contributed by atoms with E-state index in [1.54, 1.807) is 6.07 Å². The molecule has 2 unspecified atom stereocenters. The van der Waals surface area contributed by atoms with Gasteiger partial charge in [-0.05, 0) is 30.4 Å². The topological polar surface area (TPSA) is 57.6 Å². The lowest BCUT2D eigenvalue weighted by molar-refractivity contribution is -0.132. The number of aliphatic hydroxyl groups is 1. The Morgan fingerprint density at radius 3 is 2.86 bits per heavy atom. The summed E-state index contributed by atoms with van der Waals surface area (Å²) in [5.41, 5.74) is 0.451. The van der Waals surface area contributed by atoms with Crippen molar-refractivity contribution in [1.82, 2.24) is 4.90 Å². The molecule has 1 N–H and O–H groups in total. The molecule has 1 heterocycles. The van der Waals surface area contributed by atoms with Gasteiger partial charge < -0.3 is 5.11 Å². The van der Waals surface area contributed by atoms with Crippen molar-refractivity contribution in [3.8, 4) is 0 Å². The molecule has 1 saturated carbocycles. The average molecular weight is 287 g/mol. The second kappa shape index (κ2) is 5.26. The molecule has 112 valence electrons. The van der Waals surface area contributed by atoms with E-state index in [0.717, 1.165) is 18.4 Å². The number of hydrogen-bond acceptors (Lipinski definition) is 3. The van der Waals surface area contributed by atoms with Gasteiger partial charge in [0.2, 0.25) is 5.91 Å². The number of nitrogens with zero attached hydrogens (tertiary/aromatic N) is 1. The van der Waals surface area contributed by atoms with Crippen LogP contribution in [0.15, 0.2) is 24.3 Å². The van der Waals surface area contributed by atoms with Crippen LogP contribution >= 0.6 is 0 Å². The zero-order valence-electron chi connectivity index (χ0n) is 12.3. The smallest absolute Gasteiger partial charge is 0.260 e. The number of β-amino-alcohol motifs (C(OH)–C–C–N with tert-alkyl or cyclic N) is 1. The molecule has 2 atom stereocenters. The zero-order chi connectivity index (χ0) is 15.0. The van der Waals surface area contributed by atoms with Crippen molar-refractivity contribution in [2.24, 2.45) is 5.92 Å². The van der Waals surface area contributed by atoms with E-state index in [-0.39, 0.29) is 24.8 Å². The third kappa shape index (κ3) is 2.72. The summed E-state index contributed by atoms with van der Waals surface area (Å²) in [6, 6.07) is 7.22. The number of carbonyl (C=O) groups is 2. The van der Waals surface area contributed by atoms with E-state index >= 15 is 0 Å². The highest BCUT2D eigenvalue weighted by molar-refractivity contribution is 6.09. The second-order valence-electron chi connectivity index (χ2n) is 6.54. The molecular weight excluding hydrogens is 266 g/mol. The van der Waals surface area contributed by atoms with Crippen molar-refractivity contribution < 1.29 is 14.7 Å². The molecule has 0 bridgehead atoms. The molecule has 4 heteroatoms. The van der Waals surface area contributed by atoms with Crippen molar-refractivity contribution in [2.45, 2.75) is 44.6 Å². The summed E-state index contributed by atoms with van der Waals surface area (Å²) < 4.78 is 0. The minimum Gasteiger partial charge on any atom is -0.388 e. The van der Waals surface area contributed by atoms with Crippen molar-refractivity contribution in [3.63, 3.8) is 0 Å². The first kappa shape index (κ1) is 14.3. The maximum atomic E-state index is 12.5. The summed E-state index contributed by atoms with van der Waals surface area (Å²) in [6.07, 6.45) is 3.62. The maximum Gasteiger partial charge on any atom is 0.260 e. The van der Waals surface area contributed by atoms with Gasteiger partial charge in [0.15, 0.2) is 0 Å². The predicted molar refractivity (Wildman–Crippen MR) is 78.8 cm³/mol. The number of imide groups is 1. The summed E-state index contributed by atoms with van der Waals surface area (Å²) in [7, 11) is 0. The second-order valence-corrected chi connectivity index (χ2v) is 6.54. The largest absolute Gasteiger partial charge is 0.388 e. The van der Waals surface area contributed by atoms with Gasteiger partial charge in [-0.2, -0.15) is 0 Å². The third-order valence-corrected chi connectivity index (χ3v) is 4.66. The van der Waals surface area contributed by atoms with Crippen molar-refractivity contribution in [2.75, 3.05) is 6.54 Å². The molecule has 1 aromatic rings. The molecule has 1 fully saturated rings. The Balaban J connectivity index is 1.83. The molecule has 2 amide bonds. The molecular formula is C17H21NO3. The summed E-state index contributed by atoms with van der Waals surface area (Å²) in [6.45, 7) is 2.24. The average Bonchev–Trinajstić information content (AvgIpc) is 2.43. The minimum absolute atomic E-state index is 0.128. The maximum absolute atomic E-state index is 12.5. The molecule has 0 saturated heterocycles. The normalized spacial score (nSPS) is 29.4. The standard InChI is InChI=1S/C17H21NO3/c1-12-5-4-8-17(21,10-12)11-18-15(19)9-13-6-2-3-7-14(13)16(18)20/h2-3,6-7,12,21H,4-5,8-11H2,1H3. The van der Waals surface area contributed by atoms with Crippen molar-refractivity contribution in [1.29, 1.82) is 0 Å². The summed E-state index contributed by atoms with van der Waals surface area (Å²) >= 11 is 0. The van der Waals surface area contributed by atoms with Gasteiger partial charge in [-0.25, -0.2) is 0 Å². The highest BCUT2D eigenvalue weighted by Gasteiger charge is 2.39. The van der Waals surface area contributed by atoms with Crippen LogP contribution in [0.4, 0.5) is 0 Å². The van der Waals surface area contributed by atoms with Gasteiger partial charge in [-0.15, -0.1) is 0 Å². The number of hydrogen-bond donors (Lipinski definition) is 1. The Labute approximate surface area is 124 Å². The van der Waals surface area contributed by atoms with Crippen LogP contribution in [0.1, 0.15) is 48.5 Å². The Bertz CT molecular complexity index is 583. The third-order valence-electron chi connectivity index (χ3n) is 4.66. The predicted octanol–water partition coefficient (Wildman–Crippen LogP) is 2.15. The zero-order valence-corrected chi connectivity index (χ0v) is 12.3. The molecule has 3 rings (SSSR count). The number of rotatable bonds is 2. The van der Waals surface area contributed by atoms with Crippen LogP contribution < -0.4 is 0 Å². The van der Waals surface area contributed by atoms with Gasteiger partial charge in [0, 0.05) is 5.56 Å². The van der Waals surface area contributed by atoms with Crippen molar-refractivity contribution >= 4 is 11.8 Å². The van der Waals surface area contributed by atoms with Gasteiger partial charge in [0.1, 0.15) is 0 Å². The van der Waals surface area contributed by atoms with E-state index in [1.807, 2.05) is 18.2 Å². The van der Waals surface area contributed by atoms with Gasteiger partial charge in [0.05, 0.1) is 18.6 Å². The highest BCUT2D eigenvalue weighted by Crippen LogP contribution is 2.34. The first-order valence-electron chi connectivity index (χ1n) is 7.63. The Morgan fingerprint density at radius 1 is 1.33 bits per heavy atom. The fourth-order valence-electron chi connectivity index (χ4n) is 3.63. The van der Waals surface area contributed by atoms with Gasteiger partial charge in [-0.3, -0.25) is 14.5 Å².